The van der Waals surface area contributed by atoms with Crippen molar-refractivity contribution in [2.75, 3.05) is 32.7 Å². The van der Waals surface area contributed by atoms with Gasteiger partial charge < -0.3 is 0 Å². The molecule has 0 aliphatic carbocycles. The molecule has 3 nitrogen and oxygen atoms in total. The molecule has 0 spiro atoms. The smallest absolute Gasteiger partial charge is 0.103 e. The van der Waals surface area contributed by atoms with Crippen LogP contribution < -0.4 is 0 Å². The second-order valence-corrected chi connectivity index (χ2v) is 4.36. The molecule has 82 valence electrons. The molecule has 15 heavy (non-hydrogen) atoms. The maximum Gasteiger partial charge on any atom is 0.103 e. The average molecular weight is 205 g/mol. The van der Waals surface area contributed by atoms with Crippen LogP contribution in [0.25, 0.3) is 0 Å². The Bertz CT molecular complexity index is 295. The standard InChI is InChI=1S/C12H19N3/c1-4-5-6-14-7-9-15(10-8-14)12(2,3)11-13/h6-10H2,1-3H3. The first kappa shape index (κ1) is 12.0. The van der Waals surface area contributed by atoms with Gasteiger partial charge in [0.05, 0.1) is 12.6 Å². The summed E-state index contributed by atoms with van der Waals surface area (Å²) in [5.74, 6) is 5.99. The number of hydrogen-bond donors (Lipinski definition) is 0. The first-order valence-corrected chi connectivity index (χ1v) is 5.38. The van der Waals surface area contributed by atoms with E-state index in [9.17, 15) is 0 Å². The Morgan fingerprint density at radius 2 is 1.80 bits per heavy atom. The van der Waals surface area contributed by atoms with E-state index in [0.717, 1.165) is 32.7 Å². The lowest BCUT2D eigenvalue weighted by molar-refractivity contribution is 0.0872. The van der Waals surface area contributed by atoms with Crippen molar-refractivity contribution in [2.45, 2.75) is 26.3 Å². The van der Waals surface area contributed by atoms with E-state index in [1.54, 1.807) is 0 Å². The Morgan fingerprint density at radius 3 is 2.27 bits per heavy atom. The molecule has 0 aromatic rings. The molecule has 0 unspecified atom stereocenters. The number of piperazine rings is 1. The Morgan fingerprint density at radius 1 is 1.20 bits per heavy atom. The summed E-state index contributed by atoms with van der Waals surface area (Å²) in [6.07, 6.45) is 0. The van der Waals surface area contributed by atoms with E-state index >= 15 is 0 Å². The largest absolute Gasteiger partial charge is 0.290 e. The fourth-order valence-corrected chi connectivity index (χ4v) is 1.73. The van der Waals surface area contributed by atoms with Gasteiger partial charge in [-0.2, -0.15) is 5.26 Å². The number of hydrogen-bond acceptors (Lipinski definition) is 3. The minimum atomic E-state index is -0.331. The van der Waals surface area contributed by atoms with Gasteiger partial charge in [-0.25, -0.2) is 0 Å². The van der Waals surface area contributed by atoms with E-state index in [-0.39, 0.29) is 5.54 Å². The van der Waals surface area contributed by atoms with Crippen LogP contribution in [0.15, 0.2) is 0 Å². The molecule has 1 aliphatic rings. The molecule has 1 heterocycles. The summed E-state index contributed by atoms with van der Waals surface area (Å²) in [7, 11) is 0. The number of nitrogens with zero attached hydrogens (tertiary/aromatic N) is 3. The van der Waals surface area contributed by atoms with Crippen LogP contribution in [0, 0.1) is 23.2 Å². The van der Waals surface area contributed by atoms with Crippen molar-refractivity contribution in [3.8, 4) is 17.9 Å². The molecule has 0 amide bonds. The van der Waals surface area contributed by atoms with Crippen molar-refractivity contribution < 1.29 is 0 Å². The summed E-state index contributed by atoms with van der Waals surface area (Å²) in [6, 6.07) is 2.35. The molecule has 1 aliphatic heterocycles. The predicted octanol–water partition coefficient (Wildman–Crippen LogP) is 0.929. The maximum absolute atomic E-state index is 9.03. The van der Waals surface area contributed by atoms with Crippen molar-refractivity contribution in [1.29, 1.82) is 5.26 Å². The topological polar surface area (TPSA) is 30.3 Å². The number of nitriles is 1. The first-order chi connectivity index (χ1) is 7.10. The van der Waals surface area contributed by atoms with E-state index in [4.69, 9.17) is 5.26 Å². The second kappa shape index (κ2) is 5.16. The molecule has 0 atom stereocenters. The van der Waals surface area contributed by atoms with Gasteiger partial charge in [0.2, 0.25) is 0 Å². The fraction of sp³-hybridized carbons (Fsp3) is 0.750. The highest BCUT2D eigenvalue weighted by Gasteiger charge is 2.29. The zero-order valence-electron chi connectivity index (χ0n) is 9.88. The minimum Gasteiger partial charge on any atom is -0.290 e. The summed E-state index contributed by atoms with van der Waals surface area (Å²) < 4.78 is 0. The predicted molar refractivity (Wildman–Crippen MR) is 61.2 cm³/mol. The lowest BCUT2D eigenvalue weighted by Gasteiger charge is -2.39. The van der Waals surface area contributed by atoms with E-state index in [0.29, 0.717) is 0 Å². The third-order valence-corrected chi connectivity index (χ3v) is 2.92. The lowest BCUT2D eigenvalue weighted by atomic mass is 10.0. The molecule has 0 saturated carbocycles. The van der Waals surface area contributed by atoms with Crippen molar-refractivity contribution in [3.05, 3.63) is 0 Å². The summed E-state index contributed by atoms with van der Waals surface area (Å²) >= 11 is 0. The van der Waals surface area contributed by atoms with Crippen LogP contribution in [0.3, 0.4) is 0 Å². The molecule has 1 fully saturated rings. The molecule has 0 bridgehead atoms. The van der Waals surface area contributed by atoms with Crippen LogP contribution in [0.1, 0.15) is 20.8 Å². The SMILES string of the molecule is CC#CCN1CCN(C(C)(C)C#N)CC1. The van der Waals surface area contributed by atoms with Crippen molar-refractivity contribution >= 4 is 0 Å². The van der Waals surface area contributed by atoms with Crippen molar-refractivity contribution in [3.63, 3.8) is 0 Å². The van der Waals surface area contributed by atoms with Crippen molar-refractivity contribution in [1.82, 2.24) is 9.80 Å². The Hall–Kier alpha value is -1.03. The molecular weight excluding hydrogens is 186 g/mol. The van der Waals surface area contributed by atoms with Gasteiger partial charge >= 0.3 is 0 Å². The van der Waals surface area contributed by atoms with Crippen LogP contribution in [-0.4, -0.2) is 48.1 Å². The summed E-state index contributed by atoms with van der Waals surface area (Å²) in [6.45, 7) is 10.6. The van der Waals surface area contributed by atoms with E-state index in [1.165, 1.54) is 0 Å². The molecular formula is C12H19N3. The first-order valence-electron chi connectivity index (χ1n) is 5.38. The minimum absolute atomic E-state index is 0.331. The van der Waals surface area contributed by atoms with E-state index in [1.807, 2.05) is 20.8 Å². The zero-order chi connectivity index (χ0) is 11.3. The Kier molecular flexibility index (Phi) is 4.15. The van der Waals surface area contributed by atoms with Gasteiger partial charge in [-0.1, -0.05) is 5.92 Å². The quantitative estimate of drug-likeness (QED) is 0.628. The van der Waals surface area contributed by atoms with Crippen LogP contribution in [0.2, 0.25) is 0 Å². The molecule has 1 saturated heterocycles. The van der Waals surface area contributed by atoms with Crippen molar-refractivity contribution in [2.24, 2.45) is 0 Å². The summed E-state index contributed by atoms with van der Waals surface area (Å²) in [5, 5.41) is 9.03. The van der Waals surface area contributed by atoms with Gasteiger partial charge in [0.1, 0.15) is 5.54 Å². The van der Waals surface area contributed by atoms with E-state index in [2.05, 4.69) is 27.7 Å². The van der Waals surface area contributed by atoms with Gasteiger partial charge in [0.25, 0.3) is 0 Å². The Balaban J connectivity index is 2.42. The van der Waals surface area contributed by atoms with Crippen LogP contribution in [0.5, 0.6) is 0 Å². The molecule has 3 heteroatoms. The highest BCUT2D eigenvalue weighted by molar-refractivity contribution is 5.04. The third-order valence-electron chi connectivity index (χ3n) is 2.92. The lowest BCUT2D eigenvalue weighted by Crippen LogP contribution is -2.54. The second-order valence-electron chi connectivity index (χ2n) is 4.36. The normalized spacial score (nSPS) is 19.1. The maximum atomic E-state index is 9.03. The molecule has 0 aromatic heterocycles. The third kappa shape index (κ3) is 3.23. The van der Waals surface area contributed by atoms with Gasteiger partial charge in [0, 0.05) is 26.2 Å². The molecule has 0 radical (unpaired) electrons. The van der Waals surface area contributed by atoms with Crippen LogP contribution in [-0.2, 0) is 0 Å². The van der Waals surface area contributed by atoms with Crippen LogP contribution >= 0.6 is 0 Å². The zero-order valence-corrected chi connectivity index (χ0v) is 9.88. The fourth-order valence-electron chi connectivity index (χ4n) is 1.73. The van der Waals surface area contributed by atoms with Gasteiger partial charge in [0.15, 0.2) is 0 Å². The summed E-state index contributed by atoms with van der Waals surface area (Å²) in [4.78, 5) is 4.57. The van der Waals surface area contributed by atoms with Gasteiger partial charge in [-0.05, 0) is 20.8 Å². The monoisotopic (exact) mass is 205 g/mol. The highest BCUT2D eigenvalue weighted by atomic mass is 15.3. The molecule has 0 aromatic carbocycles. The molecule has 0 N–H and O–H groups in total. The Labute approximate surface area is 92.7 Å². The van der Waals surface area contributed by atoms with E-state index < -0.39 is 0 Å². The summed E-state index contributed by atoms with van der Waals surface area (Å²) in [5.41, 5.74) is -0.331. The molecule has 1 rings (SSSR count). The average Bonchev–Trinajstić information content (AvgIpc) is 2.27. The number of rotatable bonds is 2. The van der Waals surface area contributed by atoms with Gasteiger partial charge in [-0.15, -0.1) is 5.92 Å². The highest BCUT2D eigenvalue weighted by Crippen LogP contribution is 2.15. The van der Waals surface area contributed by atoms with Crippen LogP contribution in [0.4, 0.5) is 0 Å². The van der Waals surface area contributed by atoms with Gasteiger partial charge in [-0.3, -0.25) is 9.80 Å².